The Hall–Kier alpha value is -1.07. The summed E-state index contributed by atoms with van der Waals surface area (Å²) in [6.45, 7) is 4.57. The molecule has 108 valence electrons. The Morgan fingerprint density at radius 3 is 2.95 bits per heavy atom. The predicted octanol–water partition coefficient (Wildman–Crippen LogP) is 3.62. The minimum absolute atomic E-state index is 0.0135. The second-order valence-electron chi connectivity index (χ2n) is 4.63. The maximum Gasteiger partial charge on any atom is 0.242 e. The van der Waals surface area contributed by atoms with E-state index in [4.69, 9.17) is 11.6 Å². The summed E-state index contributed by atoms with van der Waals surface area (Å²) in [7, 11) is 0. The van der Waals surface area contributed by atoms with E-state index in [0.29, 0.717) is 12.4 Å². The molecule has 2 aromatic rings. The molecule has 0 aliphatic heterocycles. The monoisotopic (exact) mass is 357 g/mol. The van der Waals surface area contributed by atoms with E-state index >= 15 is 0 Å². The van der Waals surface area contributed by atoms with E-state index in [-0.39, 0.29) is 17.8 Å². The van der Waals surface area contributed by atoms with Gasteiger partial charge in [-0.3, -0.25) is 4.79 Å². The number of nitrogens with one attached hydrogen (secondary N) is 1. The molecule has 0 fully saturated rings. The Labute approximate surface area is 131 Å². The van der Waals surface area contributed by atoms with Gasteiger partial charge in [-0.25, -0.2) is 4.98 Å². The first-order valence-corrected chi connectivity index (χ1v) is 7.91. The molecular weight excluding hydrogens is 342 g/mol. The van der Waals surface area contributed by atoms with Crippen LogP contribution >= 0.6 is 27.5 Å². The summed E-state index contributed by atoms with van der Waals surface area (Å²) in [5.74, 6) is 0.969. The van der Waals surface area contributed by atoms with E-state index in [1.807, 2.05) is 36.6 Å². The van der Waals surface area contributed by atoms with Crippen LogP contribution < -0.4 is 5.32 Å². The summed E-state index contributed by atoms with van der Waals surface area (Å²) in [4.78, 5) is 16.7. The molecule has 0 radical (unpaired) electrons. The highest BCUT2D eigenvalue weighted by Gasteiger charge is 2.20. The molecule has 1 aromatic carbocycles. The molecule has 1 amide bonds. The Bertz CT molecular complexity index is 626. The lowest BCUT2D eigenvalue weighted by molar-refractivity contribution is -0.123. The van der Waals surface area contributed by atoms with E-state index < -0.39 is 0 Å². The Balaban J connectivity index is 2.43. The molecule has 0 aliphatic carbocycles. The van der Waals surface area contributed by atoms with Crippen LogP contribution in [0.1, 0.15) is 32.1 Å². The van der Waals surface area contributed by atoms with Crippen LogP contribution in [-0.4, -0.2) is 22.0 Å². The highest BCUT2D eigenvalue weighted by molar-refractivity contribution is 9.10. The number of hydrogen-bond donors (Lipinski definition) is 1. The summed E-state index contributed by atoms with van der Waals surface area (Å²) in [5.41, 5.74) is 1.76. The van der Waals surface area contributed by atoms with Crippen LogP contribution in [0.2, 0.25) is 0 Å². The Kier molecular flexibility index (Phi) is 5.05. The summed E-state index contributed by atoms with van der Waals surface area (Å²) >= 11 is 9.40. The van der Waals surface area contributed by atoms with E-state index in [0.717, 1.165) is 21.9 Å². The molecule has 1 heterocycles. The zero-order valence-electron chi connectivity index (χ0n) is 11.5. The average Bonchev–Trinajstić information content (AvgIpc) is 2.81. The SMILES string of the molecule is CCCNC(=O)C(C)n1c(CCl)nc2cc(Br)ccc21. The van der Waals surface area contributed by atoms with Crippen molar-refractivity contribution in [2.24, 2.45) is 0 Å². The van der Waals surface area contributed by atoms with Gasteiger partial charge in [-0.1, -0.05) is 22.9 Å². The normalized spacial score (nSPS) is 12.6. The number of nitrogens with zero attached hydrogens (tertiary/aromatic N) is 2. The second-order valence-corrected chi connectivity index (χ2v) is 5.81. The summed E-state index contributed by atoms with van der Waals surface area (Å²) in [6, 6.07) is 5.49. The number of hydrogen-bond acceptors (Lipinski definition) is 2. The Morgan fingerprint density at radius 1 is 1.55 bits per heavy atom. The molecule has 0 spiro atoms. The Morgan fingerprint density at radius 2 is 2.30 bits per heavy atom. The average molecular weight is 359 g/mol. The van der Waals surface area contributed by atoms with Crippen molar-refractivity contribution in [2.75, 3.05) is 6.54 Å². The number of carbonyl (C=O) groups excluding carboxylic acids is 1. The number of benzene rings is 1. The van der Waals surface area contributed by atoms with Gasteiger partial charge in [-0.15, -0.1) is 11.6 Å². The van der Waals surface area contributed by atoms with Gasteiger partial charge in [0.25, 0.3) is 0 Å². The standard InChI is InChI=1S/C14H17BrClN3O/c1-3-6-17-14(20)9(2)19-12-5-4-10(15)7-11(12)18-13(19)8-16/h4-5,7,9H,3,6,8H2,1-2H3,(H,17,20). The van der Waals surface area contributed by atoms with Gasteiger partial charge >= 0.3 is 0 Å². The number of fused-ring (bicyclic) bond motifs is 1. The quantitative estimate of drug-likeness (QED) is 0.830. The molecule has 1 unspecified atom stereocenters. The molecule has 0 bridgehead atoms. The van der Waals surface area contributed by atoms with E-state index in [9.17, 15) is 4.79 Å². The lowest BCUT2D eigenvalue weighted by atomic mass is 10.2. The van der Waals surface area contributed by atoms with Crippen molar-refractivity contribution < 1.29 is 4.79 Å². The number of rotatable bonds is 5. The molecule has 20 heavy (non-hydrogen) atoms. The van der Waals surface area contributed by atoms with Gasteiger partial charge in [0.15, 0.2) is 0 Å². The van der Waals surface area contributed by atoms with Gasteiger partial charge in [-0.05, 0) is 31.5 Å². The van der Waals surface area contributed by atoms with E-state index in [2.05, 4.69) is 26.2 Å². The maximum absolute atomic E-state index is 12.2. The van der Waals surface area contributed by atoms with Crippen LogP contribution in [0.15, 0.2) is 22.7 Å². The first kappa shape index (κ1) is 15.3. The molecule has 0 saturated carbocycles. The van der Waals surface area contributed by atoms with Crippen molar-refractivity contribution >= 4 is 44.5 Å². The third-order valence-electron chi connectivity index (χ3n) is 3.16. The number of halogens is 2. The maximum atomic E-state index is 12.2. The van der Waals surface area contributed by atoms with Crippen molar-refractivity contribution in [3.8, 4) is 0 Å². The first-order valence-electron chi connectivity index (χ1n) is 6.58. The van der Waals surface area contributed by atoms with Crippen molar-refractivity contribution in [1.29, 1.82) is 0 Å². The first-order chi connectivity index (χ1) is 9.58. The zero-order valence-corrected chi connectivity index (χ0v) is 13.8. The minimum Gasteiger partial charge on any atom is -0.354 e. The lowest BCUT2D eigenvalue weighted by Crippen LogP contribution is -2.32. The predicted molar refractivity (Wildman–Crippen MR) is 85.0 cm³/mol. The van der Waals surface area contributed by atoms with Crippen LogP contribution in [0.5, 0.6) is 0 Å². The second kappa shape index (κ2) is 6.59. The number of carbonyl (C=O) groups is 1. The third-order valence-corrected chi connectivity index (χ3v) is 3.89. The van der Waals surface area contributed by atoms with Crippen LogP contribution in [0, 0.1) is 0 Å². The summed E-state index contributed by atoms with van der Waals surface area (Å²) in [6.07, 6.45) is 0.915. The van der Waals surface area contributed by atoms with Crippen LogP contribution in [0.3, 0.4) is 0 Å². The highest BCUT2D eigenvalue weighted by Crippen LogP contribution is 2.25. The smallest absolute Gasteiger partial charge is 0.242 e. The summed E-state index contributed by atoms with van der Waals surface area (Å²) < 4.78 is 2.86. The van der Waals surface area contributed by atoms with E-state index in [1.165, 1.54) is 0 Å². The van der Waals surface area contributed by atoms with Crippen molar-refractivity contribution in [2.45, 2.75) is 32.2 Å². The third kappa shape index (κ3) is 2.99. The molecule has 1 atom stereocenters. The molecule has 1 aromatic heterocycles. The molecule has 6 heteroatoms. The molecule has 2 rings (SSSR count). The van der Waals surface area contributed by atoms with Gasteiger partial charge < -0.3 is 9.88 Å². The molecule has 0 saturated heterocycles. The van der Waals surface area contributed by atoms with Crippen molar-refractivity contribution in [3.05, 3.63) is 28.5 Å². The number of imidazole rings is 1. The van der Waals surface area contributed by atoms with Crippen LogP contribution in [0.25, 0.3) is 11.0 Å². The van der Waals surface area contributed by atoms with Gasteiger partial charge in [0.2, 0.25) is 5.91 Å². The number of aromatic nitrogens is 2. The van der Waals surface area contributed by atoms with E-state index in [1.54, 1.807) is 0 Å². The molecule has 1 N–H and O–H groups in total. The van der Waals surface area contributed by atoms with Crippen LogP contribution in [-0.2, 0) is 10.7 Å². The highest BCUT2D eigenvalue weighted by atomic mass is 79.9. The zero-order chi connectivity index (χ0) is 14.7. The van der Waals surface area contributed by atoms with Gasteiger partial charge in [0, 0.05) is 11.0 Å². The van der Waals surface area contributed by atoms with Crippen molar-refractivity contribution in [3.63, 3.8) is 0 Å². The summed E-state index contributed by atoms with van der Waals surface area (Å²) in [5, 5.41) is 2.91. The van der Waals surface area contributed by atoms with Gasteiger partial charge in [0.05, 0.1) is 16.9 Å². The number of amides is 1. The minimum atomic E-state index is -0.332. The lowest BCUT2D eigenvalue weighted by Gasteiger charge is -2.16. The largest absolute Gasteiger partial charge is 0.354 e. The van der Waals surface area contributed by atoms with Gasteiger partial charge in [-0.2, -0.15) is 0 Å². The number of alkyl halides is 1. The fraction of sp³-hybridized carbons (Fsp3) is 0.429. The van der Waals surface area contributed by atoms with Crippen LogP contribution in [0.4, 0.5) is 0 Å². The fourth-order valence-corrected chi connectivity index (χ4v) is 2.70. The van der Waals surface area contributed by atoms with Gasteiger partial charge in [0.1, 0.15) is 11.9 Å². The fourth-order valence-electron chi connectivity index (χ4n) is 2.16. The molecule has 0 aliphatic rings. The molecule has 4 nitrogen and oxygen atoms in total. The molecular formula is C14H17BrClN3O. The topological polar surface area (TPSA) is 46.9 Å². The van der Waals surface area contributed by atoms with Crippen molar-refractivity contribution in [1.82, 2.24) is 14.9 Å².